The maximum atomic E-state index is 11.9. The Labute approximate surface area is 117 Å². The summed E-state index contributed by atoms with van der Waals surface area (Å²) in [6, 6.07) is 8.38. The summed E-state index contributed by atoms with van der Waals surface area (Å²) in [5.74, 6) is 0.199. The van der Waals surface area contributed by atoms with Crippen molar-refractivity contribution in [2.45, 2.75) is 38.9 Å². The third-order valence-electron chi connectivity index (χ3n) is 3.15. The lowest BCUT2D eigenvalue weighted by Crippen LogP contribution is -2.35. The zero-order chi connectivity index (χ0) is 14.5. The van der Waals surface area contributed by atoms with Gasteiger partial charge in [0, 0.05) is 6.54 Å². The van der Waals surface area contributed by atoms with Gasteiger partial charge in [0.2, 0.25) is 0 Å². The van der Waals surface area contributed by atoms with E-state index >= 15 is 0 Å². The molecule has 0 bridgehead atoms. The molecule has 1 aromatic rings. The van der Waals surface area contributed by atoms with E-state index in [9.17, 15) is 8.42 Å². The van der Waals surface area contributed by atoms with Gasteiger partial charge in [-0.15, -0.1) is 0 Å². The van der Waals surface area contributed by atoms with Crippen molar-refractivity contribution in [2.24, 2.45) is 0 Å². The van der Waals surface area contributed by atoms with Gasteiger partial charge in [-0.3, -0.25) is 0 Å². The van der Waals surface area contributed by atoms with E-state index in [0.29, 0.717) is 6.54 Å². The summed E-state index contributed by atoms with van der Waals surface area (Å²) in [5, 5.41) is 3.20. The predicted molar refractivity (Wildman–Crippen MR) is 81.3 cm³/mol. The number of aryl methyl sites for hydroxylation is 1. The number of sulfone groups is 1. The number of benzene rings is 1. The summed E-state index contributed by atoms with van der Waals surface area (Å²) in [6.07, 6.45) is 0.928. The molecule has 4 heteroatoms. The van der Waals surface area contributed by atoms with Crippen LogP contribution in [0.25, 0.3) is 0 Å². The Bertz CT molecular complexity index is 501. The Morgan fingerprint density at radius 1 is 1.16 bits per heavy atom. The summed E-state index contributed by atoms with van der Waals surface area (Å²) in [5.41, 5.74) is 2.54. The van der Waals surface area contributed by atoms with Gasteiger partial charge in [-0.2, -0.15) is 0 Å². The average molecular weight is 283 g/mol. The summed E-state index contributed by atoms with van der Waals surface area (Å²) < 4.78 is 23.1. The van der Waals surface area contributed by atoms with E-state index in [4.69, 9.17) is 0 Å². The molecule has 1 N–H and O–H groups in total. The van der Waals surface area contributed by atoms with Crippen LogP contribution in [0.2, 0.25) is 0 Å². The maximum absolute atomic E-state index is 11.9. The largest absolute Gasteiger partial charge is 0.315 e. The molecule has 0 spiro atoms. The van der Waals surface area contributed by atoms with Crippen LogP contribution in [0.1, 0.15) is 31.9 Å². The minimum atomic E-state index is -3.01. The zero-order valence-electron chi connectivity index (χ0n) is 12.4. The molecule has 0 unspecified atom stereocenters. The smallest absolute Gasteiger partial charge is 0.156 e. The topological polar surface area (TPSA) is 46.2 Å². The third kappa shape index (κ3) is 5.33. The van der Waals surface area contributed by atoms with Crippen LogP contribution in [-0.4, -0.2) is 32.0 Å². The Kier molecular flexibility index (Phi) is 5.56. The van der Waals surface area contributed by atoms with Crippen LogP contribution < -0.4 is 5.32 Å². The Hall–Kier alpha value is -0.870. The van der Waals surface area contributed by atoms with E-state index in [1.807, 2.05) is 0 Å². The predicted octanol–water partition coefficient (Wildman–Crippen LogP) is 2.34. The van der Waals surface area contributed by atoms with Crippen molar-refractivity contribution in [3.05, 3.63) is 35.4 Å². The molecule has 0 aliphatic rings. The van der Waals surface area contributed by atoms with E-state index in [-0.39, 0.29) is 5.75 Å². The number of hydrogen-bond acceptors (Lipinski definition) is 3. The van der Waals surface area contributed by atoms with Gasteiger partial charge in [0.25, 0.3) is 0 Å². The van der Waals surface area contributed by atoms with Crippen LogP contribution in [0.3, 0.4) is 0 Å². The summed E-state index contributed by atoms with van der Waals surface area (Å²) >= 11 is 0. The lowest BCUT2D eigenvalue weighted by molar-refractivity contribution is 0.556. The second kappa shape index (κ2) is 6.53. The van der Waals surface area contributed by atoms with Crippen LogP contribution in [0.5, 0.6) is 0 Å². The monoisotopic (exact) mass is 283 g/mol. The highest BCUT2D eigenvalue weighted by Gasteiger charge is 2.27. The standard InChI is InChI=1S/C15H25NO2S/c1-13-6-5-7-14(12-13)8-9-16-10-11-19(17,18)15(2,3)4/h5-7,12,16H,8-11H2,1-4H3. The van der Waals surface area contributed by atoms with E-state index in [0.717, 1.165) is 13.0 Å². The molecule has 0 heterocycles. The SMILES string of the molecule is Cc1cccc(CCNCCS(=O)(=O)C(C)(C)C)c1. The quantitative estimate of drug-likeness (QED) is 0.815. The van der Waals surface area contributed by atoms with Crippen molar-refractivity contribution in [2.75, 3.05) is 18.8 Å². The molecular formula is C15H25NO2S. The number of nitrogens with one attached hydrogen (secondary N) is 1. The fourth-order valence-electron chi connectivity index (χ4n) is 1.74. The van der Waals surface area contributed by atoms with Crippen molar-refractivity contribution in [1.29, 1.82) is 0 Å². The molecular weight excluding hydrogens is 258 g/mol. The van der Waals surface area contributed by atoms with E-state index in [2.05, 4.69) is 36.5 Å². The molecule has 1 rings (SSSR count). The first-order valence-corrected chi connectivity index (χ1v) is 8.36. The lowest BCUT2D eigenvalue weighted by atomic mass is 10.1. The van der Waals surface area contributed by atoms with Crippen LogP contribution in [0.15, 0.2) is 24.3 Å². The lowest BCUT2D eigenvalue weighted by Gasteiger charge is -2.19. The van der Waals surface area contributed by atoms with Crippen molar-refractivity contribution < 1.29 is 8.42 Å². The highest BCUT2D eigenvalue weighted by Crippen LogP contribution is 2.15. The molecule has 0 aromatic heterocycles. The molecule has 0 fully saturated rings. The van der Waals surface area contributed by atoms with Crippen molar-refractivity contribution in [1.82, 2.24) is 5.32 Å². The van der Waals surface area contributed by atoms with Gasteiger partial charge in [0.1, 0.15) is 0 Å². The van der Waals surface area contributed by atoms with Crippen molar-refractivity contribution >= 4 is 9.84 Å². The average Bonchev–Trinajstić information content (AvgIpc) is 2.27. The fraction of sp³-hybridized carbons (Fsp3) is 0.600. The van der Waals surface area contributed by atoms with Gasteiger partial charge in [-0.05, 0) is 46.2 Å². The van der Waals surface area contributed by atoms with Gasteiger partial charge in [0.15, 0.2) is 9.84 Å². The summed E-state index contributed by atoms with van der Waals surface area (Å²) in [7, 11) is -3.01. The molecule has 0 aliphatic heterocycles. The van der Waals surface area contributed by atoms with Gasteiger partial charge in [0.05, 0.1) is 10.5 Å². The Morgan fingerprint density at radius 2 is 1.84 bits per heavy atom. The molecule has 0 saturated carbocycles. The van der Waals surface area contributed by atoms with Gasteiger partial charge >= 0.3 is 0 Å². The molecule has 0 atom stereocenters. The first-order chi connectivity index (χ1) is 8.72. The Balaban J connectivity index is 2.29. The summed E-state index contributed by atoms with van der Waals surface area (Å²) in [4.78, 5) is 0. The molecule has 0 saturated heterocycles. The van der Waals surface area contributed by atoms with Crippen LogP contribution in [-0.2, 0) is 16.3 Å². The normalized spacial score (nSPS) is 12.6. The number of hydrogen-bond donors (Lipinski definition) is 1. The molecule has 0 amide bonds. The van der Waals surface area contributed by atoms with Crippen molar-refractivity contribution in [3.8, 4) is 0 Å². The zero-order valence-corrected chi connectivity index (χ0v) is 13.2. The molecule has 0 radical (unpaired) electrons. The summed E-state index contributed by atoms with van der Waals surface area (Å²) in [6.45, 7) is 8.64. The van der Waals surface area contributed by atoms with Crippen LogP contribution >= 0.6 is 0 Å². The first kappa shape index (κ1) is 16.2. The molecule has 19 heavy (non-hydrogen) atoms. The Morgan fingerprint density at radius 3 is 2.42 bits per heavy atom. The number of rotatable bonds is 6. The minimum absolute atomic E-state index is 0.199. The fourth-order valence-corrected chi connectivity index (χ4v) is 2.76. The third-order valence-corrected chi connectivity index (χ3v) is 5.76. The molecule has 1 aromatic carbocycles. The second-order valence-corrected chi connectivity index (χ2v) is 8.78. The second-order valence-electron chi connectivity index (χ2n) is 5.92. The van der Waals surface area contributed by atoms with Crippen molar-refractivity contribution in [3.63, 3.8) is 0 Å². The van der Waals surface area contributed by atoms with Crippen LogP contribution in [0, 0.1) is 6.92 Å². The molecule has 0 aliphatic carbocycles. The molecule has 108 valence electrons. The molecule has 3 nitrogen and oxygen atoms in total. The van der Waals surface area contributed by atoms with Gasteiger partial charge in [-0.1, -0.05) is 29.8 Å². The minimum Gasteiger partial charge on any atom is -0.315 e. The highest BCUT2D eigenvalue weighted by molar-refractivity contribution is 7.92. The van der Waals surface area contributed by atoms with E-state index in [1.54, 1.807) is 20.8 Å². The first-order valence-electron chi connectivity index (χ1n) is 6.71. The van der Waals surface area contributed by atoms with Gasteiger partial charge in [-0.25, -0.2) is 8.42 Å². The highest BCUT2D eigenvalue weighted by atomic mass is 32.2. The maximum Gasteiger partial charge on any atom is 0.156 e. The van der Waals surface area contributed by atoms with E-state index < -0.39 is 14.6 Å². The van der Waals surface area contributed by atoms with Gasteiger partial charge < -0.3 is 5.32 Å². The van der Waals surface area contributed by atoms with E-state index in [1.165, 1.54) is 11.1 Å². The van der Waals surface area contributed by atoms with Crippen LogP contribution in [0.4, 0.5) is 0 Å².